The van der Waals surface area contributed by atoms with Gasteiger partial charge in [-0.05, 0) is 30.7 Å². The zero-order chi connectivity index (χ0) is 12.8. The number of rotatable bonds is 4. The number of carbonyl (C=O) groups excluding carboxylic acids is 1. The molecule has 0 spiro atoms. The van der Waals surface area contributed by atoms with Crippen molar-refractivity contribution in [2.45, 2.75) is 6.92 Å². The molecule has 1 rings (SSSR count). The van der Waals surface area contributed by atoms with Gasteiger partial charge < -0.3 is 9.47 Å². The molecule has 0 aliphatic rings. The average molecular weight is 275 g/mol. The minimum absolute atomic E-state index is 0.341. The molecule has 0 N–H and O–H groups in total. The maximum Gasteiger partial charge on any atom is 0.330 e. The van der Waals surface area contributed by atoms with Crippen LogP contribution in [0.2, 0.25) is 10.0 Å². The molecule has 0 atom stereocenters. The van der Waals surface area contributed by atoms with Crippen LogP contribution in [0.4, 0.5) is 0 Å². The lowest BCUT2D eigenvalue weighted by Crippen LogP contribution is -1.98. The highest BCUT2D eigenvalue weighted by atomic mass is 35.5. The molecule has 0 saturated heterocycles. The second-order valence-corrected chi connectivity index (χ2v) is 3.89. The number of esters is 1. The third kappa shape index (κ3) is 3.95. The van der Waals surface area contributed by atoms with Crippen LogP contribution < -0.4 is 4.74 Å². The molecule has 3 nitrogen and oxygen atoms in total. The van der Waals surface area contributed by atoms with Gasteiger partial charge in [-0.15, -0.1) is 0 Å². The van der Waals surface area contributed by atoms with Crippen LogP contribution in [0.25, 0.3) is 6.08 Å². The molecule has 5 heteroatoms. The lowest BCUT2D eigenvalue weighted by atomic mass is 10.2. The van der Waals surface area contributed by atoms with Crippen molar-refractivity contribution in [3.05, 3.63) is 33.8 Å². The summed E-state index contributed by atoms with van der Waals surface area (Å²) in [5, 5.41) is 0.719. The molecule has 0 bridgehead atoms. The van der Waals surface area contributed by atoms with Gasteiger partial charge in [0.25, 0.3) is 0 Å². The first kappa shape index (κ1) is 13.9. The van der Waals surface area contributed by atoms with Gasteiger partial charge in [0.2, 0.25) is 0 Å². The predicted molar refractivity (Wildman–Crippen MR) is 68.7 cm³/mol. The summed E-state index contributed by atoms with van der Waals surface area (Å²) < 4.78 is 9.81. The second-order valence-electron chi connectivity index (χ2n) is 3.10. The Morgan fingerprint density at radius 1 is 1.41 bits per heavy atom. The van der Waals surface area contributed by atoms with Gasteiger partial charge in [0.1, 0.15) is 10.8 Å². The summed E-state index contributed by atoms with van der Waals surface area (Å²) in [6.07, 6.45) is 2.91. The number of halogens is 2. The molecule has 92 valence electrons. The predicted octanol–water partition coefficient (Wildman–Crippen LogP) is 3.58. The van der Waals surface area contributed by atoms with Crippen LogP contribution in [0.3, 0.4) is 0 Å². The smallest absolute Gasteiger partial charge is 0.330 e. The molecule has 0 saturated carbocycles. The molecule has 0 aromatic heterocycles. The van der Waals surface area contributed by atoms with E-state index in [0.29, 0.717) is 28.0 Å². The number of ether oxygens (including phenoxy) is 2. The van der Waals surface area contributed by atoms with E-state index in [1.54, 1.807) is 25.1 Å². The molecule has 1 aromatic carbocycles. The van der Waals surface area contributed by atoms with E-state index < -0.39 is 5.97 Å². The molecular formula is C12H12Cl2O3. The fraction of sp³-hybridized carbons (Fsp3) is 0.250. The van der Waals surface area contributed by atoms with E-state index in [9.17, 15) is 4.79 Å². The van der Waals surface area contributed by atoms with Crippen LogP contribution in [0, 0.1) is 0 Å². The highest BCUT2D eigenvalue weighted by molar-refractivity contribution is 6.43. The van der Waals surface area contributed by atoms with E-state index in [4.69, 9.17) is 32.7 Å². The van der Waals surface area contributed by atoms with Gasteiger partial charge >= 0.3 is 5.97 Å². The minimum atomic E-state index is -0.405. The summed E-state index contributed by atoms with van der Waals surface area (Å²) in [7, 11) is 1.50. The Morgan fingerprint density at radius 2 is 2.12 bits per heavy atom. The largest absolute Gasteiger partial charge is 0.495 e. The molecule has 0 aliphatic heterocycles. The first-order valence-corrected chi connectivity index (χ1v) is 5.72. The Balaban J connectivity index is 2.92. The highest BCUT2D eigenvalue weighted by Gasteiger charge is 2.06. The van der Waals surface area contributed by atoms with Gasteiger partial charge in [0.15, 0.2) is 0 Å². The van der Waals surface area contributed by atoms with Crippen molar-refractivity contribution in [3.8, 4) is 5.75 Å². The van der Waals surface area contributed by atoms with Gasteiger partial charge in [-0.1, -0.05) is 23.2 Å². The quantitative estimate of drug-likeness (QED) is 0.622. The fourth-order valence-corrected chi connectivity index (χ4v) is 1.59. The molecule has 0 aliphatic carbocycles. The van der Waals surface area contributed by atoms with Crippen LogP contribution in [0.1, 0.15) is 12.5 Å². The Morgan fingerprint density at radius 3 is 2.71 bits per heavy atom. The van der Waals surface area contributed by atoms with Crippen LogP contribution in [0.5, 0.6) is 5.75 Å². The van der Waals surface area contributed by atoms with Crippen molar-refractivity contribution in [2.75, 3.05) is 13.7 Å². The summed E-state index contributed by atoms with van der Waals surface area (Å²) in [6.45, 7) is 2.09. The standard InChI is InChI=1S/C12H12Cl2O3/c1-3-17-11(15)5-4-8-6-9(13)12(14)10(7-8)16-2/h4-7H,3H2,1-2H3/b5-4+. The lowest BCUT2D eigenvalue weighted by molar-refractivity contribution is -0.137. The van der Waals surface area contributed by atoms with E-state index in [2.05, 4.69) is 0 Å². The zero-order valence-electron chi connectivity index (χ0n) is 9.50. The van der Waals surface area contributed by atoms with E-state index in [1.165, 1.54) is 13.2 Å². The molecule has 1 aromatic rings. The summed E-state index contributed by atoms with van der Waals surface area (Å²) in [4.78, 5) is 11.1. The van der Waals surface area contributed by atoms with Crippen molar-refractivity contribution in [1.82, 2.24) is 0 Å². The molecular weight excluding hydrogens is 263 g/mol. The third-order valence-corrected chi connectivity index (χ3v) is 2.72. The molecule has 0 unspecified atom stereocenters. The fourth-order valence-electron chi connectivity index (χ4n) is 1.18. The maximum atomic E-state index is 11.1. The Bertz CT molecular complexity index is 442. The summed E-state index contributed by atoms with van der Waals surface area (Å²) in [6, 6.07) is 3.33. The van der Waals surface area contributed by atoms with Crippen molar-refractivity contribution in [2.24, 2.45) is 0 Å². The Labute approximate surface area is 110 Å². The number of hydrogen-bond donors (Lipinski definition) is 0. The molecule has 0 fully saturated rings. The van der Waals surface area contributed by atoms with Gasteiger partial charge in [-0.2, -0.15) is 0 Å². The van der Waals surface area contributed by atoms with Crippen molar-refractivity contribution < 1.29 is 14.3 Å². The van der Waals surface area contributed by atoms with Gasteiger partial charge in [0.05, 0.1) is 18.7 Å². The van der Waals surface area contributed by atoms with E-state index in [1.807, 2.05) is 0 Å². The Hall–Kier alpha value is -1.19. The summed E-state index contributed by atoms with van der Waals surface area (Å²) in [5.41, 5.74) is 0.712. The molecule has 0 amide bonds. The van der Waals surface area contributed by atoms with Crippen molar-refractivity contribution >= 4 is 35.2 Å². The maximum absolute atomic E-state index is 11.1. The van der Waals surface area contributed by atoms with Gasteiger partial charge in [-0.25, -0.2) is 4.79 Å². The lowest BCUT2D eigenvalue weighted by Gasteiger charge is -2.05. The van der Waals surface area contributed by atoms with Crippen LogP contribution in [0.15, 0.2) is 18.2 Å². The molecule has 0 heterocycles. The monoisotopic (exact) mass is 274 g/mol. The number of benzene rings is 1. The first-order chi connectivity index (χ1) is 8.08. The second kappa shape index (κ2) is 6.52. The summed E-state index contributed by atoms with van der Waals surface area (Å²) >= 11 is 11.8. The van der Waals surface area contributed by atoms with Gasteiger partial charge in [-0.3, -0.25) is 0 Å². The zero-order valence-corrected chi connectivity index (χ0v) is 11.0. The average Bonchev–Trinajstić information content (AvgIpc) is 2.31. The number of hydrogen-bond acceptors (Lipinski definition) is 3. The van der Waals surface area contributed by atoms with E-state index in [-0.39, 0.29) is 0 Å². The number of methoxy groups -OCH3 is 1. The Kier molecular flexibility index (Phi) is 5.32. The summed E-state index contributed by atoms with van der Waals surface area (Å²) in [5.74, 6) is 0.0558. The minimum Gasteiger partial charge on any atom is -0.495 e. The van der Waals surface area contributed by atoms with E-state index in [0.717, 1.165) is 0 Å². The molecule has 0 radical (unpaired) electrons. The van der Waals surface area contributed by atoms with Crippen molar-refractivity contribution in [3.63, 3.8) is 0 Å². The van der Waals surface area contributed by atoms with Crippen molar-refractivity contribution in [1.29, 1.82) is 0 Å². The topological polar surface area (TPSA) is 35.5 Å². The SMILES string of the molecule is CCOC(=O)/C=C/c1cc(Cl)c(Cl)c(OC)c1. The highest BCUT2D eigenvalue weighted by Crippen LogP contribution is 2.33. The number of carbonyl (C=O) groups is 1. The van der Waals surface area contributed by atoms with Crippen LogP contribution in [-0.2, 0) is 9.53 Å². The normalized spacial score (nSPS) is 10.6. The van der Waals surface area contributed by atoms with Crippen LogP contribution in [-0.4, -0.2) is 19.7 Å². The van der Waals surface area contributed by atoms with Gasteiger partial charge in [0, 0.05) is 6.08 Å². The van der Waals surface area contributed by atoms with E-state index >= 15 is 0 Å². The van der Waals surface area contributed by atoms with Crippen LogP contribution >= 0.6 is 23.2 Å². The third-order valence-electron chi connectivity index (χ3n) is 1.94. The molecule has 17 heavy (non-hydrogen) atoms. The first-order valence-electron chi connectivity index (χ1n) is 4.96.